The first-order chi connectivity index (χ1) is 9.72. The number of methoxy groups -OCH3 is 1. The van der Waals surface area contributed by atoms with Crippen molar-refractivity contribution in [1.29, 1.82) is 0 Å². The molecule has 112 valence electrons. The summed E-state index contributed by atoms with van der Waals surface area (Å²) in [5.74, 6) is 0.450. The molecule has 1 atom stereocenters. The highest BCUT2D eigenvalue weighted by molar-refractivity contribution is 5.36. The van der Waals surface area contributed by atoms with Gasteiger partial charge in [-0.05, 0) is 31.9 Å². The van der Waals surface area contributed by atoms with Crippen LogP contribution in [0.4, 0.5) is 4.39 Å². The topological polar surface area (TPSA) is 21.3 Å². The molecule has 1 aromatic carbocycles. The number of hydrogen-bond donors (Lipinski definition) is 1. The van der Waals surface area contributed by atoms with Gasteiger partial charge in [0, 0.05) is 17.6 Å². The third-order valence-corrected chi connectivity index (χ3v) is 4.26. The molecular formula is C17H26FNO. The molecule has 2 rings (SSSR count). The Hall–Kier alpha value is -1.09. The van der Waals surface area contributed by atoms with Crippen molar-refractivity contribution in [2.24, 2.45) is 0 Å². The molecule has 1 N–H and O–H groups in total. The first-order valence-corrected chi connectivity index (χ1v) is 7.81. The first kappa shape index (κ1) is 15.3. The molecule has 1 aromatic rings. The Morgan fingerprint density at radius 1 is 1.15 bits per heavy atom. The van der Waals surface area contributed by atoms with Crippen LogP contribution in [0.25, 0.3) is 0 Å². The predicted octanol–water partition coefficient (Wildman–Crippen LogP) is 4.60. The molecule has 20 heavy (non-hydrogen) atoms. The van der Waals surface area contributed by atoms with Crippen LogP contribution in [0.1, 0.15) is 63.5 Å². The quantitative estimate of drug-likeness (QED) is 0.870. The van der Waals surface area contributed by atoms with Gasteiger partial charge in [-0.15, -0.1) is 0 Å². The minimum Gasteiger partial charge on any atom is -0.496 e. The lowest BCUT2D eigenvalue weighted by molar-refractivity contribution is 0.346. The Labute approximate surface area is 121 Å². The van der Waals surface area contributed by atoms with Gasteiger partial charge in [0.05, 0.1) is 7.11 Å². The van der Waals surface area contributed by atoms with E-state index in [1.54, 1.807) is 13.2 Å². The summed E-state index contributed by atoms with van der Waals surface area (Å²) in [5, 5.41) is 3.60. The Bertz CT molecular complexity index is 413. The van der Waals surface area contributed by atoms with Gasteiger partial charge in [-0.3, -0.25) is 0 Å². The molecule has 0 spiro atoms. The Kier molecular flexibility index (Phi) is 5.84. The second-order valence-corrected chi connectivity index (χ2v) is 5.79. The summed E-state index contributed by atoms with van der Waals surface area (Å²) in [5.41, 5.74) is 0.650. The van der Waals surface area contributed by atoms with Crippen LogP contribution >= 0.6 is 0 Å². The van der Waals surface area contributed by atoms with Crippen molar-refractivity contribution in [3.8, 4) is 5.75 Å². The van der Waals surface area contributed by atoms with E-state index in [1.165, 1.54) is 51.0 Å². The van der Waals surface area contributed by atoms with Gasteiger partial charge >= 0.3 is 0 Å². The molecule has 0 radical (unpaired) electrons. The molecule has 1 aliphatic rings. The van der Waals surface area contributed by atoms with Gasteiger partial charge in [-0.2, -0.15) is 0 Å². The van der Waals surface area contributed by atoms with E-state index in [4.69, 9.17) is 4.74 Å². The third kappa shape index (κ3) is 3.95. The fourth-order valence-corrected chi connectivity index (χ4v) is 3.18. The monoisotopic (exact) mass is 279 g/mol. The van der Waals surface area contributed by atoms with Gasteiger partial charge in [0.25, 0.3) is 0 Å². The molecule has 1 aliphatic carbocycles. The molecule has 1 saturated carbocycles. The van der Waals surface area contributed by atoms with Gasteiger partial charge in [0.15, 0.2) is 0 Å². The predicted molar refractivity (Wildman–Crippen MR) is 80.6 cm³/mol. The SMILES string of the molecule is COc1cccc(F)c1C(C)NC1CCCCCCC1. The molecule has 1 fully saturated rings. The summed E-state index contributed by atoms with van der Waals surface area (Å²) in [6.45, 7) is 2.03. The van der Waals surface area contributed by atoms with E-state index in [0.717, 1.165) is 0 Å². The van der Waals surface area contributed by atoms with Crippen LogP contribution in [0.3, 0.4) is 0 Å². The third-order valence-electron chi connectivity index (χ3n) is 4.26. The van der Waals surface area contributed by atoms with Crippen molar-refractivity contribution in [2.45, 2.75) is 64.0 Å². The minimum atomic E-state index is -0.185. The number of nitrogens with one attached hydrogen (secondary N) is 1. The Balaban J connectivity index is 2.05. The van der Waals surface area contributed by atoms with E-state index >= 15 is 0 Å². The van der Waals surface area contributed by atoms with Crippen LogP contribution in [0.5, 0.6) is 5.75 Å². The largest absolute Gasteiger partial charge is 0.496 e. The lowest BCUT2D eigenvalue weighted by atomic mass is 9.95. The van der Waals surface area contributed by atoms with Crippen LogP contribution in [0.15, 0.2) is 18.2 Å². The van der Waals surface area contributed by atoms with E-state index in [2.05, 4.69) is 5.32 Å². The van der Waals surface area contributed by atoms with Crippen molar-refractivity contribution in [3.05, 3.63) is 29.6 Å². The fraction of sp³-hybridized carbons (Fsp3) is 0.647. The van der Waals surface area contributed by atoms with Crippen LogP contribution in [-0.2, 0) is 0 Å². The van der Waals surface area contributed by atoms with Crippen molar-refractivity contribution in [3.63, 3.8) is 0 Å². The van der Waals surface area contributed by atoms with Crippen molar-refractivity contribution >= 4 is 0 Å². The highest BCUT2D eigenvalue weighted by Gasteiger charge is 2.20. The number of benzene rings is 1. The van der Waals surface area contributed by atoms with E-state index < -0.39 is 0 Å². The number of rotatable bonds is 4. The lowest BCUT2D eigenvalue weighted by Crippen LogP contribution is -2.32. The maximum absolute atomic E-state index is 14.1. The normalized spacial score (nSPS) is 19.1. The molecule has 0 saturated heterocycles. The lowest BCUT2D eigenvalue weighted by Gasteiger charge is -2.26. The summed E-state index contributed by atoms with van der Waals surface area (Å²) in [7, 11) is 1.60. The van der Waals surface area contributed by atoms with Gasteiger partial charge < -0.3 is 10.1 Å². The summed E-state index contributed by atoms with van der Waals surface area (Å²) < 4.78 is 19.4. The number of halogens is 1. The molecule has 0 amide bonds. The molecule has 0 aliphatic heterocycles. The van der Waals surface area contributed by atoms with Gasteiger partial charge in [-0.1, -0.05) is 38.2 Å². The zero-order valence-electron chi connectivity index (χ0n) is 12.6. The molecule has 0 bridgehead atoms. The Morgan fingerprint density at radius 2 is 1.80 bits per heavy atom. The van der Waals surface area contributed by atoms with Crippen LogP contribution in [0.2, 0.25) is 0 Å². The second kappa shape index (κ2) is 7.63. The number of ether oxygens (including phenoxy) is 1. The van der Waals surface area contributed by atoms with Crippen LogP contribution in [0, 0.1) is 5.82 Å². The van der Waals surface area contributed by atoms with Gasteiger partial charge in [0.1, 0.15) is 11.6 Å². The maximum Gasteiger partial charge on any atom is 0.131 e. The molecule has 0 heterocycles. The first-order valence-electron chi connectivity index (χ1n) is 7.81. The van der Waals surface area contributed by atoms with E-state index in [1.807, 2.05) is 13.0 Å². The highest BCUT2D eigenvalue weighted by Crippen LogP contribution is 2.29. The molecule has 1 unspecified atom stereocenters. The second-order valence-electron chi connectivity index (χ2n) is 5.79. The van der Waals surface area contributed by atoms with E-state index in [-0.39, 0.29) is 11.9 Å². The molecule has 2 nitrogen and oxygen atoms in total. The Morgan fingerprint density at radius 3 is 2.45 bits per heavy atom. The van der Waals surface area contributed by atoms with E-state index in [9.17, 15) is 4.39 Å². The zero-order chi connectivity index (χ0) is 14.4. The van der Waals surface area contributed by atoms with Crippen molar-refractivity contribution in [2.75, 3.05) is 7.11 Å². The number of hydrogen-bond acceptors (Lipinski definition) is 2. The molecule has 3 heteroatoms. The minimum absolute atomic E-state index is 0.0180. The van der Waals surface area contributed by atoms with Crippen molar-refractivity contribution in [1.82, 2.24) is 5.32 Å². The van der Waals surface area contributed by atoms with Crippen molar-refractivity contribution < 1.29 is 9.13 Å². The van der Waals surface area contributed by atoms with Gasteiger partial charge in [-0.25, -0.2) is 4.39 Å². The van der Waals surface area contributed by atoms with Gasteiger partial charge in [0.2, 0.25) is 0 Å². The fourth-order valence-electron chi connectivity index (χ4n) is 3.18. The zero-order valence-corrected chi connectivity index (χ0v) is 12.6. The highest BCUT2D eigenvalue weighted by atomic mass is 19.1. The smallest absolute Gasteiger partial charge is 0.131 e. The van der Waals surface area contributed by atoms with E-state index in [0.29, 0.717) is 17.4 Å². The summed E-state index contributed by atoms with van der Waals surface area (Å²) >= 11 is 0. The summed E-state index contributed by atoms with van der Waals surface area (Å²) in [6.07, 6.45) is 8.97. The molecular weight excluding hydrogens is 253 g/mol. The maximum atomic E-state index is 14.1. The standard InChI is InChI=1S/C17H26FNO/c1-13(17-15(18)11-8-12-16(17)20-2)19-14-9-6-4-3-5-7-10-14/h8,11-14,19H,3-7,9-10H2,1-2H3. The average molecular weight is 279 g/mol. The molecule has 0 aromatic heterocycles. The van der Waals surface area contributed by atoms with Crippen LogP contribution in [-0.4, -0.2) is 13.2 Å². The summed E-state index contributed by atoms with van der Waals surface area (Å²) in [4.78, 5) is 0. The summed E-state index contributed by atoms with van der Waals surface area (Å²) in [6, 6.07) is 5.51. The average Bonchev–Trinajstić information content (AvgIpc) is 2.41. The van der Waals surface area contributed by atoms with Crippen LogP contribution < -0.4 is 10.1 Å².